The predicted octanol–water partition coefficient (Wildman–Crippen LogP) is 3.65. The van der Waals surface area contributed by atoms with Gasteiger partial charge in [0.25, 0.3) is 0 Å². The molecule has 12 heteroatoms. The number of hydrogen-bond acceptors (Lipinski definition) is 9. The van der Waals surface area contributed by atoms with Crippen LogP contribution in [0, 0.1) is 11.8 Å². The molecule has 246 valence electrons. The molecule has 1 saturated carbocycles. The van der Waals surface area contributed by atoms with Gasteiger partial charge in [0.05, 0.1) is 35.7 Å². The first kappa shape index (κ1) is 37.9. The van der Waals surface area contributed by atoms with E-state index in [1.807, 2.05) is 13.8 Å². The maximum Gasteiger partial charge on any atom is 0.331 e. The van der Waals surface area contributed by atoms with E-state index in [9.17, 15) is 35.1 Å². The van der Waals surface area contributed by atoms with Crippen LogP contribution in [0.4, 0.5) is 0 Å². The van der Waals surface area contributed by atoms with Gasteiger partial charge in [-0.25, -0.2) is 4.79 Å². The number of alkyl halides is 1. The lowest BCUT2D eigenvalue weighted by Crippen LogP contribution is -2.61. The van der Waals surface area contributed by atoms with Crippen molar-refractivity contribution in [2.45, 2.75) is 101 Å². The molecule has 10 unspecified atom stereocenters. The van der Waals surface area contributed by atoms with Gasteiger partial charge in [0, 0.05) is 29.9 Å². The monoisotopic (exact) mass is 658 g/mol. The zero-order valence-electron chi connectivity index (χ0n) is 25.1. The maximum absolute atomic E-state index is 12.1. The molecule has 2 aliphatic rings. The Morgan fingerprint density at radius 1 is 1.07 bits per heavy atom. The molecule has 10 nitrogen and oxygen atoms in total. The van der Waals surface area contributed by atoms with Gasteiger partial charge in [0.2, 0.25) is 0 Å². The Kier molecular flexibility index (Phi) is 15.5. The molecule has 10 atom stereocenters. The smallest absolute Gasteiger partial charge is 0.331 e. The highest BCUT2D eigenvalue weighted by atomic mass is 35.5. The Labute approximate surface area is 268 Å². The van der Waals surface area contributed by atoms with Gasteiger partial charge >= 0.3 is 11.9 Å². The summed E-state index contributed by atoms with van der Waals surface area (Å²) in [6.07, 6.45) is 9.83. The van der Waals surface area contributed by atoms with Crippen molar-refractivity contribution in [1.82, 2.24) is 0 Å². The van der Waals surface area contributed by atoms with Gasteiger partial charge in [0.1, 0.15) is 12.2 Å². The van der Waals surface area contributed by atoms with Crippen molar-refractivity contribution in [3.05, 3.63) is 71.4 Å². The summed E-state index contributed by atoms with van der Waals surface area (Å²) in [7, 11) is 0. The Bertz CT molecular complexity index is 1150. The quantitative estimate of drug-likeness (QED) is 0.0563. The Morgan fingerprint density at radius 2 is 1.73 bits per heavy atom. The van der Waals surface area contributed by atoms with Gasteiger partial charge in [-0.3, -0.25) is 4.79 Å². The second-order valence-electron chi connectivity index (χ2n) is 11.2. The number of esters is 1. The average molecular weight is 660 g/mol. The number of carbonyl (C=O) groups is 2. The molecule has 0 bridgehead atoms. The van der Waals surface area contributed by atoms with E-state index in [4.69, 9.17) is 37.8 Å². The number of rotatable bonds is 13. The molecule has 0 radical (unpaired) electrons. The summed E-state index contributed by atoms with van der Waals surface area (Å²) in [6, 6.07) is 0. The van der Waals surface area contributed by atoms with Gasteiger partial charge in [-0.15, -0.1) is 11.6 Å². The Balaban J connectivity index is 1.90. The van der Waals surface area contributed by atoms with Crippen LogP contribution in [0.2, 0.25) is 0 Å². The number of aliphatic hydroxyl groups excluding tert-OH is 4. The fourth-order valence-electron chi connectivity index (χ4n) is 4.85. The number of carboxylic acids is 1. The summed E-state index contributed by atoms with van der Waals surface area (Å²) in [6.45, 7) is 5.29. The molecule has 1 aliphatic heterocycles. The number of hydrogen-bond donors (Lipinski definition) is 6. The Hall–Kier alpha value is -2.28. The molecule has 2 fully saturated rings. The molecule has 44 heavy (non-hydrogen) atoms. The highest BCUT2D eigenvalue weighted by molar-refractivity contribution is 6.30. The van der Waals surface area contributed by atoms with Crippen molar-refractivity contribution in [2.24, 2.45) is 11.8 Å². The molecule has 1 saturated heterocycles. The first-order valence-corrected chi connectivity index (χ1v) is 15.4. The van der Waals surface area contributed by atoms with Gasteiger partial charge in [-0.1, -0.05) is 79.6 Å². The van der Waals surface area contributed by atoms with Gasteiger partial charge in [0.15, 0.2) is 5.79 Å². The van der Waals surface area contributed by atoms with Crippen LogP contribution < -0.4 is 0 Å². The van der Waals surface area contributed by atoms with Crippen molar-refractivity contribution in [1.29, 1.82) is 0 Å². The standard InChI is InChI=1S/C32H44Cl2O10/c1-4-5-13-25-28(34)24(36)18-32(42,44-25)30(39)29(38)20(3)22(33)12-8-6-10-19(2)11-7-9-14-27(37)43-26-17-21(31(40)41)15-16-23(26)35/h5-14,20-21,23-26,28-30,35-36,38-39,42H,4,15-18H2,1-3H3,(H,40,41)/b8-6+,11-7+,13-5+,14-9+,19-10+,22-12-. The third-order valence-electron chi connectivity index (χ3n) is 7.62. The van der Waals surface area contributed by atoms with Crippen LogP contribution in [0.3, 0.4) is 0 Å². The largest absolute Gasteiger partial charge is 0.481 e. The van der Waals surface area contributed by atoms with Crippen molar-refractivity contribution in [3.8, 4) is 0 Å². The molecule has 0 aromatic carbocycles. The summed E-state index contributed by atoms with van der Waals surface area (Å²) in [4.78, 5) is 23.2. The van der Waals surface area contributed by atoms with Gasteiger partial charge < -0.3 is 40.1 Å². The van der Waals surface area contributed by atoms with Crippen molar-refractivity contribution in [2.75, 3.05) is 0 Å². The molecule has 2 rings (SSSR count). The van der Waals surface area contributed by atoms with Gasteiger partial charge in [-0.2, -0.15) is 0 Å². The zero-order valence-corrected chi connectivity index (χ0v) is 26.6. The van der Waals surface area contributed by atoms with Crippen LogP contribution in [0.1, 0.15) is 52.9 Å². The molecule has 1 heterocycles. The van der Waals surface area contributed by atoms with Crippen LogP contribution in [0.25, 0.3) is 0 Å². The van der Waals surface area contributed by atoms with E-state index in [-0.39, 0.29) is 17.9 Å². The number of aliphatic hydroxyl groups is 5. The third kappa shape index (κ3) is 11.3. The van der Waals surface area contributed by atoms with E-state index in [0.29, 0.717) is 12.8 Å². The third-order valence-corrected chi connectivity index (χ3v) is 8.63. The van der Waals surface area contributed by atoms with Crippen LogP contribution in [-0.4, -0.2) is 90.4 Å². The van der Waals surface area contributed by atoms with E-state index in [1.165, 1.54) is 18.2 Å². The second kappa shape index (κ2) is 18.0. The van der Waals surface area contributed by atoms with Crippen LogP contribution >= 0.6 is 23.2 Å². The van der Waals surface area contributed by atoms with Crippen molar-refractivity contribution >= 4 is 35.1 Å². The molecule has 0 aromatic heterocycles. The molecule has 6 N–H and O–H groups in total. The summed E-state index contributed by atoms with van der Waals surface area (Å²) in [5.74, 6) is -5.33. The van der Waals surface area contributed by atoms with Crippen LogP contribution in [0.15, 0.2) is 71.4 Å². The lowest BCUT2D eigenvalue weighted by molar-refractivity contribution is -0.316. The summed E-state index contributed by atoms with van der Waals surface area (Å²) >= 11 is 12.6. The van der Waals surface area contributed by atoms with E-state index in [2.05, 4.69) is 0 Å². The second-order valence-corrected chi connectivity index (χ2v) is 12.1. The minimum absolute atomic E-state index is 0.0734. The zero-order chi connectivity index (χ0) is 33.0. The minimum atomic E-state index is -2.24. The average Bonchev–Trinajstić information content (AvgIpc) is 2.98. The van der Waals surface area contributed by atoms with Crippen LogP contribution in [-0.2, 0) is 19.1 Å². The molecule has 0 aromatic rings. The number of carbonyl (C=O) groups excluding carboxylic acids is 1. The van der Waals surface area contributed by atoms with Crippen molar-refractivity contribution < 1.29 is 49.7 Å². The summed E-state index contributed by atoms with van der Waals surface area (Å²) in [5, 5.41) is 61.4. The first-order valence-electron chi connectivity index (χ1n) is 14.6. The number of ether oxygens (including phenoxy) is 2. The maximum atomic E-state index is 12.1. The number of halogens is 2. The SMILES string of the molecule is CC/C=C/C1OC(O)(C(O)C(O)C(C)/C(Cl)=C/C=C/C=C(C)/C=C/C=C/C(=O)OC2CC(C(=O)O)CCC2O)CC(O)C1Cl. The molecular weight excluding hydrogens is 615 g/mol. The predicted molar refractivity (Wildman–Crippen MR) is 167 cm³/mol. The number of allylic oxidation sites excluding steroid dienone is 9. The normalized spacial score (nSPS) is 32.9. The van der Waals surface area contributed by atoms with E-state index in [0.717, 1.165) is 5.57 Å². The topological polar surface area (TPSA) is 174 Å². The fraction of sp³-hybridized carbons (Fsp3) is 0.562. The number of aliphatic carboxylic acids is 1. The highest BCUT2D eigenvalue weighted by Gasteiger charge is 2.51. The molecular formula is C32H44Cl2O10. The number of carboxylic acid groups (broad SMARTS) is 1. The molecule has 0 spiro atoms. The summed E-state index contributed by atoms with van der Waals surface area (Å²) in [5.41, 5.74) is 0.818. The van der Waals surface area contributed by atoms with E-state index < -0.39 is 78.0 Å². The highest BCUT2D eigenvalue weighted by Crippen LogP contribution is 2.36. The lowest BCUT2D eigenvalue weighted by atomic mass is 9.85. The molecule has 1 aliphatic carbocycles. The summed E-state index contributed by atoms with van der Waals surface area (Å²) < 4.78 is 10.8. The Morgan fingerprint density at radius 3 is 2.39 bits per heavy atom. The molecule has 0 amide bonds. The van der Waals surface area contributed by atoms with Gasteiger partial charge in [-0.05, 0) is 32.3 Å². The van der Waals surface area contributed by atoms with Crippen molar-refractivity contribution in [3.63, 3.8) is 0 Å². The minimum Gasteiger partial charge on any atom is -0.481 e. The lowest BCUT2D eigenvalue weighted by Gasteiger charge is -2.45. The first-order chi connectivity index (χ1) is 20.7. The van der Waals surface area contributed by atoms with Crippen LogP contribution in [0.5, 0.6) is 0 Å². The van der Waals surface area contributed by atoms with E-state index >= 15 is 0 Å². The van der Waals surface area contributed by atoms with E-state index in [1.54, 1.807) is 49.5 Å². The fourth-order valence-corrected chi connectivity index (χ4v) is 5.27.